The standard InChI is InChI=1S/C15H21N3O/c1-15(7-3-2-4-8-15)13(16)10-5-6-11-12(9-10)18-14(19)17-11/h5-6,9,13H,2-4,7-8,16H2,1H3,(H2,17,18,19). The van der Waals surface area contributed by atoms with Gasteiger partial charge < -0.3 is 15.7 Å². The molecular formula is C15H21N3O. The minimum atomic E-state index is -0.162. The van der Waals surface area contributed by atoms with E-state index >= 15 is 0 Å². The zero-order chi connectivity index (χ0) is 13.5. The number of benzene rings is 1. The van der Waals surface area contributed by atoms with Crippen LogP contribution in [0, 0.1) is 5.41 Å². The van der Waals surface area contributed by atoms with Crippen molar-refractivity contribution in [3.63, 3.8) is 0 Å². The van der Waals surface area contributed by atoms with E-state index in [9.17, 15) is 4.79 Å². The summed E-state index contributed by atoms with van der Waals surface area (Å²) in [5.41, 5.74) is 9.33. The predicted molar refractivity (Wildman–Crippen MR) is 77.0 cm³/mol. The number of aromatic amines is 2. The van der Waals surface area contributed by atoms with Crippen molar-refractivity contribution in [3.8, 4) is 0 Å². The van der Waals surface area contributed by atoms with E-state index in [1.54, 1.807) is 0 Å². The molecule has 19 heavy (non-hydrogen) atoms. The van der Waals surface area contributed by atoms with E-state index in [1.807, 2.05) is 18.2 Å². The molecule has 4 N–H and O–H groups in total. The van der Waals surface area contributed by atoms with Gasteiger partial charge in [-0.2, -0.15) is 0 Å². The van der Waals surface area contributed by atoms with E-state index in [4.69, 9.17) is 5.73 Å². The lowest BCUT2D eigenvalue weighted by molar-refractivity contribution is 0.170. The number of H-pyrrole nitrogens is 2. The molecule has 102 valence electrons. The smallest absolute Gasteiger partial charge is 0.323 e. The molecule has 0 spiro atoms. The summed E-state index contributed by atoms with van der Waals surface area (Å²) in [5, 5.41) is 0. The first kappa shape index (κ1) is 12.5. The maximum Gasteiger partial charge on any atom is 0.323 e. The summed E-state index contributed by atoms with van der Waals surface area (Å²) in [4.78, 5) is 16.9. The highest BCUT2D eigenvalue weighted by Crippen LogP contribution is 2.44. The SMILES string of the molecule is CC1(C(N)c2ccc3[nH]c(=O)[nH]c3c2)CCCCC1. The van der Waals surface area contributed by atoms with Gasteiger partial charge in [-0.3, -0.25) is 0 Å². The molecule has 1 aromatic carbocycles. The fraction of sp³-hybridized carbons (Fsp3) is 0.533. The van der Waals surface area contributed by atoms with Gasteiger partial charge >= 0.3 is 5.69 Å². The third-order valence-corrected chi connectivity index (χ3v) is 4.65. The maximum absolute atomic E-state index is 11.3. The highest BCUT2D eigenvalue weighted by Gasteiger charge is 2.34. The van der Waals surface area contributed by atoms with Gasteiger partial charge in [0.1, 0.15) is 0 Å². The number of rotatable bonds is 2. The minimum absolute atomic E-state index is 0.0376. The van der Waals surface area contributed by atoms with Gasteiger partial charge in [0.05, 0.1) is 11.0 Å². The lowest BCUT2D eigenvalue weighted by Crippen LogP contribution is -2.33. The molecule has 4 nitrogen and oxygen atoms in total. The Bertz CT molecular complexity index is 634. The second kappa shape index (κ2) is 4.53. The van der Waals surface area contributed by atoms with Gasteiger partial charge in [0.25, 0.3) is 0 Å². The van der Waals surface area contributed by atoms with Crippen molar-refractivity contribution in [2.45, 2.75) is 45.1 Å². The first-order valence-electron chi connectivity index (χ1n) is 7.06. The lowest BCUT2D eigenvalue weighted by Gasteiger charge is -2.39. The molecule has 1 aliphatic carbocycles. The summed E-state index contributed by atoms with van der Waals surface area (Å²) in [6, 6.07) is 6.03. The highest BCUT2D eigenvalue weighted by molar-refractivity contribution is 5.75. The van der Waals surface area contributed by atoms with E-state index in [0.29, 0.717) is 0 Å². The largest absolute Gasteiger partial charge is 0.323 e. The summed E-state index contributed by atoms with van der Waals surface area (Å²) in [6.07, 6.45) is 6.25. The summed E-state index contributed by atoms with van der Waals surface area (Å²) >= 11 is 0. The third kappa shape index (κ3) is 2.21. The van der Waals surface area contributed by atoms with Gasteiger partial charge in [-0.1, -0.05) is 32.3 Å². The van der Waals surface area contributed by atoms with Crippen LogP contribution in [0.15, 0.2) is 23.0 Å². The van der Waals surface area contributed by atoms with Crippen LogP contribution in [0.25, 0.3) is 11.0 Å². The van der Waals surface area contributed by atoms with Gasteiger partial charge in [-0.05, 0) is 36.0 Å². The molecule has 3 rings (SSSR count). The van der Waals surface area contributed by atoms with Crippen LogP contribution in [-0.4, -0.2) is 9.97 Å². The fourth-order valence-electron chi connectivity index (χ4n) is 3.32. The average Bonchev–Trinajstić information content (AvgIpc) is 2.77. The topological polar surface area (TPSA) is 74.7 Å². The predicted octanol–water partition coefficient (Wildman–Crippen LogP) is 2.83. The van der Waals surface area contributed by atoms with Gasteiger partial charge in [0, 0.05) is 6.04 Å². The Morgan fingerprint density at radius 1 is 1.16 bits per heavy atom. The second-order valence-corrected chi connectivity index (χ2v) is 6.08. The fourth-order valence-corrected chi connectivity index (χ4v) is 3.32. The lowest BCUT2D eigenvalue weighted by atomic mass is 9.69. The number of hydrogen-bond acceptors (Lipinski definition) is 2. The van der Waals surface area contributed by atoms with Crippen LogP contribution in [0.4, 0.5) is 0 Å². The van der Waals surface area contributed by atoms with Crippen molar-refractivity contribution in [3.05, 3.63) is 34.2 Å². The van der Waals surface area contributed by atoms with E-state index < -0.39 is 0 Å². The molecule has 0 radical (unpaired) electrons. The Labute approximate surface area is 112 Å². The van der Waals surface area contributed by atoms with Crippen LogP contribution in [0.2, 0.25) is 0 Å². The van der Waals surface area contributed by atoms with Crippen molar-refractivity contribution >= 4 is 11.0 Å². The number of nitrogens with one attached hydrogen (secondary N) is 2. The van der Waals surface area contributed by atoms with E-state index in [0.717, 1.165) is 16.6 Å². The van der Waals surface area contributed by atoms with E-state index in [2.05, 4.69) is 16.9 Å². The number of imidazole rings is 1. The number of aromatic nitrogens is 2. The van der Waals surface area contributed by atoms with Crippen molar-refractivity contribution in [1.29, 1.82) is 0 Å². The molecule has 1 aromatic heterocycles. The van der Waals surface area contributed by atoms with Crippen LogP contribution >= 0.6 is 0 Å². The van der Waals surface area contributed by atoms with Gasteiger partial charge in [0.2, 0.25) is 0 Å². The maximum atomic E-state index is 11.3. The van der Waals surface area contributed by atoms with Crippen LogP contribution in [0.1, 0.15) is 50.6 Å². The Morgan fingerprint density at radius 3 is 2.58 bits per heavy atom. The molecule has 2 aromatic rings. The molecule has 0 saturated heterocycles. The Balaban J connectivity index is 1.96. The van der Waals surface area contributed by atoms with Crippen LogP contribution in [0.3, 0.4) is 0 Å². The Kier molecular flexibility index (Phi) is 2.97. The first-order chi connectivity index (χ1) is 9.08. The minimum Gasteiger partial charge on any atom is -0.323 e. The number of hydrogen-bond donors (Lipinski definition) is 3. The molecular weight excluding hydrogens is 238 g/mol. The summed E-state index contributed by atoms with van der Waals surface area (Å²) in [5.74, 6) is 0. The quantitative estimate of drug-likeness (QED) is 0.775. The molecule has 1 unspecified atom stereocenters. The van der Waals surface area contributed by atoms with Gasteiger partial charge in [-0.25, -0.2) is 4.79 Å². The van der Waals surface area contributed by atoms with Crippen molar-refractivity contribution in [2.75, 3.05) is 0 Å². The second-order valence-electron chi connectivity index (χ2n) is 6.08. The molecule has 4 heteroatoms. The number of fused-ring (bicyclic) bond motifs is 1. The van der Waals surface area contributed by atoms with Crippen molar-refractivity contribution in [1.82, 2.24) is 9.97 Å². The van der Waals surface area contributed by atoms with E-state index in [1.165, 1.54) is 32.1 Å². The van der Waals surface area contributed by atoms with Crippen molar-refractivity contribution < 1.29 is 0 Å². The van der Waals surface area contributed by atoms with E-state index in [-0.39, 0.29) is 17.1 Å². The Hall–Kier alpha value is -1.55. The van der Waals surface area contributed by atoms with Crippen LogP contribution in [-0.2, 0) is 0 Å². The average molecular weight is 259 g/mol. The molecule has 1 heterocycles. The molecule has 0 bridgehead atoms. The van der Waals surface area contributed by atoms with Crippen LogP contribution < -0.4 is 11.4 Å². The molecule has 1 aliphatic rings. The third-order valence-electron chi connectivity index (χ3n) is 4.65. The monoisotopic (exact) mass is 259 g/mol. The Morgan fingerprint density at radius 2 is 1.84 bits per heavy atom. The first-order valence-corrected chi connectivity index (χ1v) is 7.06. The van der Waals surface area contributed by atoms with Crippen LogP contribution in [0.5, 0.6) is 0 Å². The molecule has 0 amide bonds. The zero-order valence-electron chi connectivity index (χ0n) is 11.3. The molecule has 1 saturated carbocycles. The molecule has 1 atom stereocenters. The highest BCUT2D eigenvalue weighted by atomic mass is 16.1. The molecule has 1 fully saturated rings. The summed E-state index contributed by atoms with van der Waals surface area (Å²) in [7, 11) is 0. The summed E-state index contributed by atoms with van der Waals surface area (Å²) < 4.78 is 0. The summed E-state index contributed by atoms with van der Waals surface area (Å²) in [6.45, 7) is 2.29. The van der Waals surface area contributed by atoms with Gasteiger partial charge in [-0.15, -0.1) is 0 Å². The van der Waals surface area contributed by atoms with Gasteiger partial charge in [0.15, 0.2) is 0 Å². The van der Waals surface area contributed by atoms with Crippen molar-refractivity contribution in [2.24, 2.45) is 11.1 Å². The normalized spacial score (nSPS) is 20.5. The molecule has 0 aliphatic heterocycles. The zero-order valence-corrected chi connectivity index (χ0v) is 11.3. The number of nitrogens with two attached hydrogens (primary N) is 1.